The van der Waals surface area contributed by atoms with Crippen molar-refractivity contribution in [2.45, 2.75) is 38.3 Å². The largest absolute Gasteiger partial charge is 0.468 e. The third-order valence-corrected chi connectivity index (χ3v) is 4.50. The maximum atomic E-state index is 13.8. The van der Waals surface area contributed by atoms with Crippen LogP contribution in [0.1, 0.15) is 25.3 Å². The second kappa shape index (κ2) is 6.80. The fourth-order valence-electron chi connectivity index (χ4n) is 3.35. The Bertz CT molecular complexity index is 914. The van der Waals surface area contributed by atoms with Crippen molar-refractivity contribution in [3.05, 3.63) is 45.1 Å². The van der Waals surface area contributed by atoms with E-state index in [0.717, 1.165) is 13.2 Å². The third kappa shape index (κ3) is 3.06. The standard InChI is InChI=1S/C17H15F3N2O6/c1-7-11(15(23)26-3)12(13(22(24)25)8(2)21-7)9-5-4-6-10-14(9)27-16(18)17(19,20)28-10/h4-6,12-13,16H,1-3H3. The van der Waals surface area contributed by atoms with Crippen molar-refractivity contribution in [3.8, 4) is 11.5 Å². The summed E-state index contributed by atoms with van der Waals surface area (Å²) in [4.78, 5) is 27.5. The number of methoxy groups -OCH3 is 1. The summed E-state index contributed by atoms with van der Waals surface area (Å²) in [5, 5.41) is 11.7. The molecular weight excluding hydrogens is 385 g/mol. The molecule has 0 aliphatic carbocycles. The van der Waals surface area contributed by atoms with Crippen LogP contribution in [-0.4, -0.2) is 42.2 Å². The highest BCUT2D eigenvalue weighted by molar-refractivity contribution is 5.98. The second-order valence-electron chi connectivity index (χ2n) is 6.22. The van der Waals surface area contributed by atoms with Gasteiger partial charge in [-0.05, 0) is 19.9 Å². The number of fused-ring (bicyclic) bond motifs is 1. The zero-order valence-electron chi connectivity index (χ0n) is 14.9. The van der Waals surface area contributed by atoms with Gasteiger partial charge in [-0.2, -0.15) is 13.2 Å². The molecule has 0 N–H and O–H groups in total. The van der Waals surface area contributed by atoms with E-state index in [1.165, 1.54) is 26.0 Å². The molecule has 0 aromatic heterocycles. The van der Waals surface area contributed by atoms with Crippen molar-refractivity contribution < 1.29 is 37.1 Å². The van der Waals surface area contributed by atoms with E-state index in [0.29, 0.717) is 0 Å². The van der Waals surface area contributed by atoms with Gasteiger partial charge in [-0.1, -0.05) is 12.1 Å². The van der Waals surface area contributed by atoms with Crippen molar-refractivity contribution in [1.82, 2.24) is 0 Å². The van der Waals surface area contributed by atoms with Crippen LogP contribution in [-0.2, 0) is 9.53 Å². The number of hydrogen-bond donors (Lipinski definition) is 0. The molecule has 11 heteroatoms. The van der Waals surface area contributed by atoms with Crippen LogP contribution in [0.15, 0.2) is 34.5 Å². The van der Waals surface area contributed by atoms with E-state index in [4.69, 9.17) is 9.47 Å². The van der Waals surface area contributed by atoms with Crippen molar-refractivity contribution in [2.75, 3.05) is 7.11 Å². The molecule has 0 amide bonds. The van der Waals surface area contributed by atoms with Gasteiger partial charge < -0.3 is 14.2 Å². The lowest BCUT2D eigenvalue weighted by Gasteiger charge is -2.33. The summed E-state index contributed by atoms with van der Waals surface area (Å²) in [6.07, 6.45) is -7.35. The first-order valence-electron chi connectivity index (χ1n) is 8.06. The van der Waals surface area contributed by atoms with E-state index < -0.39 is 46.8 Å². The first-order valence-corrected chi connectivity index (χ1v) is 8.06. The third-order valence-electron chi connectivity index (χ3n) is 4.50. The lowest BCUT2D eigenvalue weighted by Crippen LogP contribution is -2.44. The lowest BCUT2D eigenvalue weighted by molar-refractivity contribution is -0.505. The Morgan fingerprint density at radius 3 is 2.64 bits per heavy atom. The zero-order valence-corrected chi connectivity index (χ0v) is 14.9. The number of benzene rings is 1. The van der Waals surface area contributed by atoms with Crippen LogP contribution in [0.5, 0.6) is 11.5 Å². The molecule has 0 spiro atoms. The van der Waals surface area contributed by atoms with Gasteiger partial charge in [-0.15, -0.1) is 0 Å². The first-order chi connectivity index (χ1) is 13.1. The molecule has 3 unspecified atom stereocenters. The van der Waals surface area contributed by atoms with Gasteiger partial charge in [0.1, 0.15) is 0 Å². The Kier molecular flexibility index (Phi) is 4.77. The van der Waals surface area contributed by atoms with Crippen molar-refractivity contribution >= 4 is 11.7 Å². The van der Waals surface area contributed by atoms with Crippen LogP contribution in [0.4, 0.5) is 13.2 Å². The van der Waals surface area contributed by atoms with Crippen LogP contribution >= 0.6 is 0 Å². The van der Waals surface area contributed by atoms with Gasteiger partial charge in [0, 0.05) is 16.2 Å². The number of ether oxygens (including phenoxy) is 3. The molecule has 0 saturated heterocycles. The number of para-hydroxylation sites is 1. The smallest absolute Gasteiger partial charge is 0.466 e. The summed E-state index contributed by atoms with van der Waals surface area (Å²) in [5.74, 6) is -3.14. The Labute approximate surface area is 156 Å². The number of allylic oxidation sites excluding steroid dienone is 1. The molecule has 2 heterocycles. The van der Waals surface area contributed by atoms with Crippen LogP contribution in [0.3, 0.4) is 0 Å². The highest BCUT2D eigenvalue weighted by Crippen LogP contribution is 2.48. The Morgan fingerprint density at radius 2 is 2.04 bits per heavy atom. The van der Waals surface area contributed by atoms with E-state index in [1.54, 1.807) is 0 Å². The van der Waals surface area contributed by atoms with E-state index in [9.17, 15) is 28.1 Å². The number of alkyl halides is 3. The first kappa shape index (κ1) is 19.6. The maximum absolute atomic E-state index is 13.8. The summed E-state index contributed by atoms with van der Waals surface area (Å²) < 4.78 is 54.6. The molecule has 0 saturated carbocycles. The van der Waals surface area contributed by atoms with Crippen LogP contribution in [0, 0.1) is 10.1 Å². The number of nitro groups is 1. The molecular formula is C17H15F3N2O6. The van der Waals surface area contributed by atoms with Crippen LogP contribution in [0.2, 0.25) is 0 Å². The van der Waals surface area contributed by atoms with Crippen LogP contribution in [0.25, 0.3) is 0 Å². The van der Waals surface area contributed by atoms with Crippen molar-refractivity contribution in [1.29, 1.82) is 0 Å². The summed E-state index contributed by atoms with van der Waals surface area (Å²) in [6, 6.07) is 2.19. The number of rotatable bonds is 3. The molecule has 8 nitrogen and oxygen atoms in total. The average Bonchev–Trinajstić information content (AvgIpc) is 2.60. The Hall–Kier alpha value is -3.11. The fourth-order valence-corrected chi connectivity index (χ4v) is 3.35. The molecule has 3 rings (SSSR count). The minimum absolute atomic E-state index is 0.0636. The summed E-state index contributed by atoms with van der Waals surface area (Å²) in [7, 11) is 1.09. The number of hydrogen-bond acceptors (Lipinski definition) is 7. The number of carbonyl (C=O) groups is 1. The molecule has 3 atom stereocenters. The Morgan fingerprint density at radius 1 is 1.36 bits per heavy atom. The summed E-state index contributed by atoms with van der Waals surface area (Å²) in [6.45, 7) is 2.86. The molecule has 2 aliphatic rings. The number of carbonyl (C=O) groups excluding carboxylic acids is 1. The second-order valence-corrected chi connectivity index (χ2v) is 6.22. The fraction of sp³-hybridized carbons (Fsp3) is 0.412. The summed E-state index contributed by atoms with van der Waals surface area (Å²) in [5.41, 5.74) is 0.0198. The normalized spacial score (nSPS) is 25.8. The van der Waals surface area contributed by atoms with Gasteiger partial charge in [0.25, 0.3) is 6.04 Å². The molecule has 150 valence electrons. The molecule has 0 radical (unpaired) electrons. The van der Waals surface area contributed by atoms with Crippen molar-refractivity contribution in [2.24, 2.45) is 4.99 Å². The Balaban J connectivity index is 2.24. The van der Waals surface area contributed by atoms with Crippen LogP contribution < -0.4 is 9.47 Å². The predicted molar refractivity (Wildman–Crippen MR) is 88.9 cm³/mol. The van der Waals surface area contributed by atoms with E-state index in [-0.39, 0.29) is 22.5 Å². The quantitative estimate of drug-likeness (QED) is 0.439. The predicted octanol–water partition coefficient (Wildman–Crippen LogP) is 3.00. The van der Waals surface area contributed by atoms with Crippen molar-refractivity contribution in [3.63, 3.8) is 0 Å². The van der Waals surface area contributed by atoms with Gasteiger partial charge in [-0.25, -0.2) is 4.79 Å². The number of esters is 1. The highest BCUT2D eigenvalue weighted by atomic mass is 19.3. The monoisotopic (exact) mass is 400 g/mol. The molecule has 1 aromatic carbocycles. The van der Waals surface area contributed by atoms with E-state index in [2.05, 4.69) is 9.73 Å². The van der Waals surface area contributed by atoms with Gasteiger partial charge in [0.2, 0.25) is 0 Å². The number of nitrogens with zero attached hydrogens (tertiary/aromatic N) is 2. The van der Waals surface area contributed by atoms with Gasteiger partial charge in [0.15, 0.2) is 11.5 Å². The van der Waals surface area contributed by atoms with E-state index in [1.807, 2.05) is 0 Å². The van der Waals surface area contributed by atoms with Gasteiger partial charge >= 0.3 is 18.4 Å². The average molecular weight is 400 g/mol. The minimum Gasteiger partial charge on any atom is -0.466 e. The highest BCUT2D eigenvalue weighted by Gasteiger charge is 2.52. The molecule has 2 aliphatic heterocycles. The number of aliphatic imine (C=N–C) groups is 1. The molecule has 28 heavy (non-hydrogen) atoms. The van der Waals surface area contributed by atoms with Gasteiger partial charge in [0.05, 0.1) is 24.3 Å². The lowest BCUT2D eigenvalue weighted by atomic mass is 9.79. The maximum Gasteiger partial charge on any atom is 0.468 e. The topological polar surface area (TPSA) is 100 Å². The molecule has 0 bridgehead atoms. The SMILES string of the molecule is COC(=O)C1=C(C)N=C(C)C([N+](=O)[O-])C1c1cccc2c1OC(F)C(F)(F)O2. The minimum atomic E-state index is -4.23. The molecule has 0 fully saturated rings. The zero-order chi connectivity index (χ0) is 20.8. The van der Waals surface area contributed by atoms with E-state index >= 15 is 0 Å². The number of halogens is 3. The molecule has 1 aromatic rings. The summed E-state index contributed by atoms with van der Waals surface area (Å²) >= 11 is 0. The van der Waals surface area contributed by atoms with Gasteiger partial charge in [-0.3, -0.25) is 15.1 Å².